The first-order valence-electron chi connectivity index (χ1n) is 35.6. The molecule has 3 aromatic carbocycles. The summed E-state index contributed by atoms with van der Waals surface area (Å²) in [6, 6.07) is 26.3. The fraction of sp³-hybridized carbons (Fsp3) is 0.469. The Hall–Kier alpha value is -8.30. The number of allylic oxidation sites excluding steroid dienone is 3. The fourth-order valence-electron chi connectivity index (χ4n) is 18.8. The van der Waals surface area contributed by atoms with Gasteiger partial charge in [0.2, 0.25) is 0 Å². The van der Waals surface area contributed by atoms with Gasteiger partial charge in [-0.2, -0.15) is 39.5 Å². The predicted octanol–water partition coefficient (Wildman–Crippen LogP) is 17.5. The van der Waals surface area contributed by atoms with Crippen molar-refractivity contribution in [2.45, 2.75) is 147 Å². The number of pyridine rings is 3. The number of ether oxygens (including phenoxy) is 3. The average molecular weight is 1410 g/mol. The van der Waals surface area contributed by atoms with Crippen LogP contribution in [-0.2, 0) is 51.9 Å². The lowest BCUT2D eigenvalue weighted by molar-refractivity contribution is -0.145. The largest absolute Gasteiger partial charge is 0.462 e. The van der Waals surface area contributed by atoms with Gasteiger partial charge in [-0.05, 0) is 228 Å². The quantitative estimate of drug-likeness (QED) is 0.0797. The van der Waals surface area contributed by atoms with E-state index in [1.165, 1.54) is 18.2 Å². The van der Waals surface area contributed by atoms with E-state index < -0.39 is 35.2 Å². The molecule has 6 saturated carbocycles. The van der Waals surface area contributed by atoms with Crippen LogP contribution < -0.4 is 0 Å². The van der Waals surface area contributed by atoms with Gasteiger partial charge in [0.05, 0.1) is 63.7 Å². The molecule has 102 heavy (non-hydrogen) atoms. The van der Waals surface area contributed by atoms with E-state index in [9.17, 15) is 68.9 Å². The van der Waals surface area contributed by atoms with E-state index in [0.29, 0.717) is 92.9 Å². The molecule has 6 heterocycles. The van der Waals surface area contributed by atoms with E-state index in [2.05, 4.69) is 33.2 Å². The molecular formula is C81H82F9N3O9. The van der Waals surface area contributed by atoms with E-state index in [-0.39, 0.29) is 113 Å². The smallest absolute Gasteiger partial charge is 0.416 e. The number of esters is 3. The van der Waals surface area contributed by atoms with Gasteiger partial charge in [0.1, 0.15) is 24.1 Å². The van der Waals surface area contributed by atoms with Crippen LogP contribution in [0.1, 0.15) is 132 Å². The second kappa shape index (κ2) is 29.4. The Labute approximate surface area is 586 Å². The number of aliphatic hydroxyl groups excluding tert-OH is 2. The van der Waals surface area contributed by atoms with Gasteiger partial charge in [-0.3, -0.25) is 34.1 Å². The van der Waals surface area contributed by atoms with E-state index >= 15 is 0 Å². The zero-order valence-electron chi connectivity index (χ0n) is 56.6. The van der Waals surface area contributed by atoms with Gasteiger partial charge in [-0.1, -0.05) is 72.8 Å². The van der Waals surface area contributed by atoms with E-state index in [4.69, 9.17) is 14.2 Å². The number of nitrogens with zero attached hydrogens (tertiary/aromatic N) is 3. The Bertz CT molecular complexity index is 3950. The number of fused-ring (bicyclic) bond motifs is 6. The van der Waals surface area contributed by atoms with Crippen LogP contribution in [-0.4, -0.2) is 79.4 Å². The molecule has 3 aliphatic heterocycles. The second-order valence-corrected chi connectivity index (χ2v) is 29.6. The molecule has 2 N–H and O–H groups in total. The van der Waals surface area contributed by atoms with Crippen molar-refractivity contribution in [1.29, 1.82) is 0 Å². The molecule has 0 bridgehead atoms. The lowest BCUT2D eigenvalue weighted by Gasteiger charge is -2.46. The topological polar surface area (TPSA) is 175 Å². The van der Waals surface area contributed by atoms with Crippen molar-refractivity contribution in [3.8, 4) is 33.4 Å². The molecule has 538 valence electrons. The van der Waals surface area contributed by atoms with Crippen LogP contribution in [0.15, 0.2) is 146 Å². The number of alkyl halides is 9. The summed E-state index contributed by atoms with van der Waals surface area (Å²) < 4.78 is 134. The van der Waals surface area contributed by atoms with Crippen molar-refractivity contribution in [2.75, 3.05) is 0 Å². The molecule has 14 unspecified atom stereocenters. The molecule has 21 heteroatoms. The van der Waals surface area contributed by atoms with Crippen LogP contribution in [0.5, 0.6) is 0 Å². The van der Waals surface area contributed by atoms with Crippen molar-refractivity contribution in [3.05, 3.63) is 180 Å². The number of cyclic esters (lactones) is 3. The van der Waals surface area contributed by atoms with Crippen molar-refractivity contribution in [1.82, 2.24) is 15.0 Å². The number of halogens is 9. The highest BCUT2D eigenvalue weighted by atomic mass is 19.4. The maximum atomic E-state index is 13.0. The van der Waals surface area contributed by atoms with Gasteiger partial charge >= 0.3 is 36.4 Å². The van der Waals surface area contributed by atoms with E-state index in [1.54, 1.807) is 73.2 Å². The Morgan fingerprint density at radius 2 is 0.725 bits per heavy atom. The van der Waals surface area contributed by atoms with Crippen molar-refractivity contribution >= 4 is 41.9 Å². The standard InChI is InChI=1S/2C27H28F3NO3.C27H26F3NO3/c3*1-15-25-22(23-13-21(32)9-6-17(23)12-24(25)26(33)34-15)10-8-20-7-5-18(14-31-20)16-3-2-4-19(11-16)27(28,29)30/h2*2-5,7-8,10-11,14-15,17,21-25,32H,6,9,12-13H2,1H3;2-5,7-8,10-11,14-15,17,22-25H,6,9,12-13H2,1H3/b3*10-8+/t2*15-,17?,21?,22+,23?,24?,25?;15-,17?,22+,23?,24?,25?/m000/s1. The zero-order chi connectivity index (χ0) is 72.1. The van der Waals surface area contributed by atoms with Crippen LogP contribution in [0.4, 0.5) is 39.5 Å². The number of carbonyl (C=O) groups is 4. The number of aliphatic hydroxyl groups is 2. The van der Waals surface area contributed by atoms with Gasteiger partial charge in [-0.25, -0.2) is 0 Å². The van der Waals surface area contributed by atoms with Gasteiger partial charge in [0, 0.05) is 65.9 Å². The van der Waals surface area contributed by atoms with E-state index in [0.717, 1.165) is 101 Å². The second-order valence-electron chi connectivity index (χ2n) is 29.6. The first-order chi connectivity index (χ1) is 48.6. The number of carbonyl (C=O) groups excluding carboxylic acids is 4. The number of hydrogen-bond acceptors (Lipinski definition) is 12. The molecule has 0 amide bonds. The molecule has 0 radical (unpaired) electrons. The minimum absolute atomic E-state index is 0.0411. The number of ketones is 1. The Balaban J connectivity index is 0.000000137. The minimum atomic E-state index is -4.40. The zero-order valence-corrected chi connectivity index (χ0v) is 56.6. The number of Topliss-reactive ketones (excluding diaryl/α,β-unsaturated/α-hetero) is 1. The van der Waals surface area contributed by atoms with Crippen molar-refractivity contribution < 1.29 is 83.1 Å². The highest BCUT2D eigenvalue weighted by Gasteiger charge is 2.57. The van der Waals surface area contributed by atoms with Crippen LogP contribution in [0, 0.1) is 88.8 Å². The molecule has 6 aromatic rings. The summed E-state index contributed by atoms with van der Waals surface area (Å²) in [6.07, 6.45) is 11.7. The van der Waals surface area contributed by atoms with Crippen LogP contribution in [0.3, 0.4) is 0 Å². The van der Waals surface area contributed by atoms with Crippen LogP contribution >= 0.6 is 0 Å². The summed E-state index contributed by atoms with van der Waals surface area (Å²) in [6.45, 7) is 5.83. The summed E-state index contributed by atoms with van der Waals surface area (Å²) >= 11 is 0. The average Bonchev–Trinajstić information content (AvgIpc) is 1.58. The maximum absolute atomic E-state index is 13.0. The Kier molecular flexibility index (Phi) is 20.8. The minimum Gasteiger partial charge on any atom is -0.462 e. The first kappa shape index (κ1) is 72.1. The number of hydrogen-bond donors (Lipinski definition) is 2. The lowest BCUT2D eigenvalue weighted by Crippen LogP contribution is -2.45. The molecule has 6 aliphatic carbocycles. The Morgan fingerprint density at radius 1 is 0.402 bits per heavy atom. The molecule has 0 spiro atoms. The molecule has 3 aromatic heterocycles. The molecule has 12 nitrogen and oxygen atoms in total. The number of aromatic nitrogens is 3. The third-order valence-corrected chi connectivity index (χ3v) is 23.6. The molecule has 3 saturated heterocycles. The summed E-state index contributed by atoms with van der Waals surface area (Å²) in [5.74, 6) is 1.97. The normalized spacial score (nSPS) is 32.7. The maximum Gasteiger partial charge on any atom is 0.416 e. The lowest BCUT2D eigenvalue weighted by atomic mass is 9.57. The van der Waals surface area contributed by atoms with Gasteiger partial charge in [-0.15, -0.1) is 0 Å². The molecule has 9 fully saturated rings. The third-order valence-electron chi connectivity index (χ3n) is 23.6. The molecule has 20 atom stereocenters. The van der Waals surface area contributed by atoms with Gasteiger partial charge in [0.25, 0.3) is 0 Å². The summed E-state index contributed by atoms with van der Waals surface area (Å²) in [5.41, 5.74) is 3.19. The van der Waals surface area contributed by atoms with Crippen LogP contribution in [0.25, 0.3) is 51.6 Å². The highest BCUT2D eigenvalue weighted by Crippen LogP contribution is 2.57. The molecule has 9 aliphatic rings. The number of benzene rings is 3. The van der Waals surface area contributed by atoms with Gasteiger partial charge in [0.15, 0.2) is 0 Å². The van der Waals surface area contributed by atoms with Crippen LogP contribution in [0.2, 0.25) is 0 Å². The SMILES string of the molecule is C[C@@H]1OC(=O)C2CC3CCC(=O)CC3[C@@H](/C=C/c3ccc(-c4cccc(C(F)(F)F)c4)cn3)C21.C[C@@H]1OC(=O)C2CC3CCC(O)CC3[C@@H](/C=C/c3ccc(-c4cccc(C(F)(F)F)c4)cn3)C21.C[C@@H]1OC(=O)C2CC3CCC(O)CC3[C@@H](/C=C/c3ccc(-c4cccc(C(F)(F)F)c4)cn3)C21. The molecule has 15 rings (SSSR count). The molecular weight excluding hydrogens is 1330 g/mol. The van der Waals surface area contributed by atoms with Gasteiger partial charge < -0.3 is 24.4 Å². The monoisotopic (exact) mass is 1410 g/mol. The summed E-state index contributed by atoms with van der Waals surface area (Å²) in [7, 11) is 0. The highest BCUT2D eigenvalue weighted by molar-refractivity contribution is 5.81. The fourth-order valence-corrected chi connectivity index (χ4v) is 18.8. The third kappa shape index (κ3) is 15.6. The van der Waals surface area contributed by atoms with E-state index in [1.807, 2.05) is 39.0 Å². The van der Waals surface area contributed by atoms with Crippen molar-refractivity contribution in [2.24, 2.45) is 88.8 Å². The van der Waals surface area contributed by atoms with Crippen molar-refractivity contribution in [3.63, 3.8) is 0 Å². The first-order valence-corrected chi connectivity index (χ1v) is 35.6. The Morgan fingerprint density at radius 3 is 1.04 bits per heavy atom. The summed E-state index contributed by atoms with van der Waals surface area (Å²) in [5, 5.41) is 20.6. The predicted molar refractivity (Wildman–Crippen MR) is 363 cm³/mol. The summed E-state index contributed by atoms with van der Waals surface area (Å²) in [4.78, 5) is 62.9. The number of rotatable bonds is 9.